The van der Waals surface area contributed by atoms with Crippen LogP contribution in [0.5, 0.6) is 11.5 Å². The standard InChI is InChI=1S/C25H25N3O5S/c1-14(2)33-24(30)21-15(3)27-25-28(22(21)18-12-17(31-4)8-9-19(18)32-5)23(29)20(34-25)11-16-7-6-10-26-13-16/h6-14,22H,1-5H3/b20-11-/t22-/m1/s1. The predicted molar refractivity (Wildman–Crippen MR) is 129 cm³/mol. The summed E-state index contributed by atoms with van der Waals surface area (Å²) < 4.78 is 18.6. The number of hydrogen-bond acceptors (Lipinski definition) is 8. The fraction of sp³-hybridized carbons (Fsp3) is 0.280. The van der Waals surface area contributed by atoms with Gasteiger partial charge in [-0.25, -0.2) is 9.79 Å². The molecule has 3 heterocycles. The van der Waals surface area contributed by atoms with E-state index in [1.165, 1.54) is 15.9 Å². The molecule has 1 atom stereocenters. The second-order valence-electron chi connectivity index (χ2n) is 7.93. The van der Waals surface area contributed by atoms with Crippen LogP contribution in [-0.2, 0) is 9.53 Å². The first-order valence-corrected chi connectivity index (χ1v) is 11.5. The number of methoxy groups -OCH3 is 2. The Morgan fingerprint density at radius 1 is 1.21 bits per heavy atom. The third-order valence-corrected chi connectivity index (χ3v) is 6.28. The molecule has 0 N–H and O–H groups in total. The summed E-state index contributed by atoms with van der Waals surface area (Å²) in [5.74, 6) is 0.546. The summed E-state index contributed by atoms with van der Waals surface area (Å²) in [6.45, 7) is 5.30. The van der Waals surface area contributed by atoms with Gasteiger partial charge in [0.25, 0.3) is 5.56 Å². The highest BCUT2D eigenvalue weighted by atomic mass is 32.1. The zero-order valence-electron chi connectivity index (χ0n) is 19.6. The van der Waals surface area contributed by atoms with Gasteiger partial charge in [0.2, 0.25) is 0 Å². The largest absolute Gasteiger partial charge is 0.497 e. The summed E-state index contributed by atoms with van der Waals surface area (Å²) in [5.41, 5.74) is 1.87. The van der Waals surface area contributed by atoms with Gasteiger partial charge in [-0.3, -0.25) is 14.3 Å². The molecule has 0 amide bonds. The average Bonchev–Trinajstić information content (AvgIpc) is 3.12. The van der Waals surface area contributed by atoms with Gasteiger partial charge < -0.3 is 14.2 Å². The van der Waals surface area contributed by atoms with Gasteiger partial charge in [0, 0.05) is 18.0 Å². The number of ether oxygens (including phenoxy) is 3. The number of thiazole rings is 1. The van der Waals surface area contributed by atoms with E-state index < -0.39 is 12.0 Å². The molecule has 1 aliphatic rings. The van der Waals surface area contributed by atoms with E-state index in [1.54, 1.807) is 77.7 Å². The fourth-order valence-corrected chi connectivity index (χ4v) is 4.87. The maximum absolute atomic E-state index is 13.7. The molecule has 0 fully saturated rings. The highest BCUT2D eigenvalue weighted by Crippen LogP contribution is 2.37. The van der Waals surface area contributed by atoms with Gasteiger partial charge in [-0.2, -0.15) is 0 Å². The number of aromatic nitrogens is 2. The van der Waals surface area contributed by atoms with Crippen LogP contribution in [0.15, 0.2) is 63.8 Å². The van der Waals surface area contributed by atoms with E-state index in [0.717, 1.165) is 5.56 Å². The van der Waals surface area contributed by atoms with E-state index in [1.807, 2.05) is 6.07 Å². The van der Waals surface area contributed by atoms with E-state index in [-0.39, 0.29) is 17.2 Å². The Bertz CT molecular complexity index is 1440. The van der Waals surface area contributed by atoms with Crippen LogP contribution < -0.4 is 24.4 Å². The summed E-state index contributed by atoms with van der Waals surface area (Å²) in [5, 5.41) is 0. The van der Waals surface area contributed by atoms with Crippen molar-refractivity contribution < 1.29 is 19.0 Å². The van der Waals surface area contributed by atoms with E-state index in [0.29, 0.717) is 32.1 Å². The Labute approximate surface area is 200 Å². The SMILES string of the molecule is COc1ccc(OC)c([C@@H]2C(C(=O)OC(C)C)=C(C)N=c3s/c(=C\c4cccnc4)c(=O)n32)c1. The van der Waals surface area contributed by atoms with Crippen LogP contribution in [0.4, 0.5) is 0 Å². The molecular weight excluding hydrogens is 454 g/mol. The number of allylic oxidation sites excluding steroid dienone is 1. The topological polar surface area (TPSA) is 92.0 Å². The second kappa shape index (κ2) is 9.64. The molecule has 0 unspecified atom stereocenters. The molecule has 0 aliphatic carbocycles. The number of rotatable bonds is 6. The van der Waals surface area contributed by atoms with Crippen molar-refractivity contribution in [2.45, 2.75) is 32.9 Å². The van der Waals surface area contributed by atoms with E-state index in [4.69, 9.17) is 14.2 Å². The normalized spacial score (nSPS) is 15.7. The summed E-state index contributed by atoms with van der Waals surface area (Å²) in [4.78, 5) is 36.1. The van der Waals surface area contributed by atoms with Crippen molar-refractivity contribution in [2.24, 2.45) is 4.99 Å². The summed E-state index contributed by atoms with van der Waals surface area (Å²) in [6, 6.07) is 8.14. The van der Waals surface area contributed by atoms with Crippen molar-refractivity contribution in [3.8, 4) is 11.5 Å². The highest BCUT2D eigenvalue weighted by molar-refractivity contribution is 7.07. The van der Waals surface area contributed by atoms with Crippen molar-refractivity contribution in [3.05, 3.63) is 84.8 Å². The number of nitrogens with zero attached hydrogens (tertiary/aromatic N) is 3. The van der Waals surface area contributed by atoms with Gasteiger partial charge >= 0.3 is 5.97 Å². The molecule has 9 heteroatoms. The van der Waals surface area contributed by atoms with E-state index in [2.05, 4.69) is 9.98 Å². The minimum absolute atomic E-state index is 0.273. The molecule has 2 aromatic heterocycles. The molecular formula is C25H25N3O5S. The molecule has 0 radical (unpaired) electrons. The van der Waals surface area contributed by atoms with Gasteiger partial charge in [0.1, 0.15) is 17.5 Å². The van der Waals surface area contributed by atoms with Crippen molar-refractivity contribution >= 4 is 23.4 Å². The lowest BCUT2D eigenvalue weighted by Crippen LogP contribution is -2.40. The molecule has 1 aliphatic heterocycles. The van der Waals surface area contributed by atoms with E-state index >= 15 is 0 Å². The van der Waals surface area contributed by atoms with Crippen molar-refractivity contribution in [2.75, 3.05) is 14.2 Å². The van der Waals surface area contributed by atoms with Gasteiger partial charge in [0.15, 0.2) is 4.80 Å². The zero-order valence-corrected chi connectivity index (χ0v) is 20.4. The van der Waals surface area contributed by atoms with Crippen LogP contribution in [-0.4, -0.2) is 35.8 Å². The van der Waals surface area contributed by atoms with E-state index in [9.17, 15) is 9.59 Å². The van der Waals surface area contributed by atoms with Crippen molar-refractivity contribution in [1.82, 2.24) is 9.55 Å². The lowest BCUT2D eigenvalue weighted by Gasteiger charge is -2.26. The zero-order chi connectivity index (χ0) is 24.4. The number of pyridine rings is 1. The Morgan fingerprint density at radius 2 is 2.00 bits per heavy atom. The second-order valence-corrected chi connectivity index (χ2v) is 8.94. The third-order valence-electron chi connectivity index (χ3n) is 5.30. The Balaban J connectivity index is 2.02. The molecule has 0 saturated heterocycles. The molecule has 0 saturated carbocycles. The molecule has 4 rings (SSSR count). The minimum atomic E-state index is -0.802. The molecule has 176 valence electrons. The first kappa shape index (κ1) is 23.4. The quantitative estimate of drug-likeness (QED) is 0.505. The first-order valence-electron chi connectivity index (χ1n) is 10.7. The van der Waals surface area contributed by atoms with Crippen LogP contribution in [0.1, 0.15) is 37.9 Å². The average molecular weight is 480 g/mol. The van der Waals surface area contributed by atoms with Gasteiger partial charge in [0.05, 0.1) is 36.1 Å². The Kier molecular flexibility index (Phi) is 6.65. The Morgan fingerprint density at radius 3 is 2.65 bits per heavy atom. The van der Waals surface area contributed by atoms with Crippen LogP contribution in [0, 0.1) is 0 Å². The van der Waals surface area contributed by atoms with Gasteiger partial charge in [-0.1, -0.05) is 17.4 Å². The predicted octanol–water partition coefficient (Wildman–Crippen LogP) is 2.60. The highest BCUT2D eigenvalue weighted by Gasteiger charge is 2.35. The smallest absolute Gasteiger partial charge is 0.338 e. The van der Waals surface area contributed by atoms with Crippen LogP contribution >= 0.6 is 11.3 Å². The number of hydrogen-bond donors (Lipinski definition) is 0. The monoisotopic (exact) mass is 479 g/mol. The number of benzene rings is 1. The van der Waals surface area contributed by atoms with Crippen LogP contribution in [0.25, 0.3) is 6.08 Å². The molecule has 0 spiro atoms. The minimum Gasteiger partial charge on any atom is -0.497 e. The van der Waals surface area contributed by atoms with Crippen molar-refractivity contribution in [1.29, 1.82) is 0 Å². The molecule has 1 aromatic carbocycles. The molecule has 0 bridgehead atoms. The molecule has 34 heavy (non-hydrogen) atoms. The number of fused-ring (bicyclic) bond motifs is 1. The van der Waals surface area contributed by atoms with Crippen LogP contribution in [0.3, 0.4) is 0 Å². The maximum Gasteiger partial charge on any atom is 0.338 e. The lowest BCUT2D eigenvalue weighted by molar-refractivity contribution is -0.143. The number of carbonyl (C=O) groups is 1. The van der Waals surface area contributed by atoms with Gasteiger partial charge in [-0.15, -0.1) is 0 Å². The molecule has 3 aromatic rings. The van der Waals surface area contributed by atoms with Crippen LogP contribution in [0.2, 0.25) is 0 Å². The summed E-state index contributed by atoms with van der Waals surface area (Å²) in [7, 11) is 3.10. The molecule has 8 nitrogen and oxygen atoms in total. The van der Waals surface area contributed by atoms with Gasteiger partial charge in [-0.05, 0) is 56.7 Å². The number of esters is 1. The summed E-state index contributed by atoms with van der Waals surface area (Å²) in [6.07, 6.45) is 4.78. The maximum atomic E-state index is 13.7. The fourth-order valence-electron chi connectivity index (χ4n) is 3.82. The first-order chi connectivity index (χ1) is 16.3. The Hall–Kier alpha value is -3.72. The summed E-state index contributed by atoms with van der Waals surface area (Å²) >= 11 is 1.25. The lowest BCUT2D eigenvalue weighted by atomic mass is 9.94. The van der Waals surface area contributed by atoms with Crippen molar-refractivity contribution in [3.63, 3.8) is 0 Å². The number of carbonyl (C=O) groups excluding carboxylic acids is 1. The third kappa shape index (κ3) is 4.38.